The van der Waals surface area contributed by atoms with Crippen LogP contribution < -0.4 is 4.74 Å². The summed E-state index contributed by atoms with van der Waals surface area (Å²) < 4.78 is 6.30. The molecular weight excluding hydrogens is 326 g/mol. The van der Waals surface area contributed by atoms with Gasteiger partial charge in [-0.1, -0.05) is 34.1 Å². The van der Waals surface area contributed by atoms with Gasteiger partial charge in [-0.25, -0.2) is 0 Å². The Kier molecular flexibility index (Phi) is 3.84. The number of halogens is 1. The van der Waals surface area contributed by atoms with Gasteiger partial charge in [0.1, 0.15) is 5.75 Å². The molecule has 3 heteroatoms. The zero-order valence-electron chi connectivity index (χ0n) is 11.8. The number of benzene rings is 2. The number of fused-ring (bicyclic) bond motifs is 1. The van der Waals surface area contributed by atoms with Gasteiger partial charge in [0.2, 0.25) is 0 Å². The van der Waals surface area contributed by atoms with Crippen molar-refractivity contribution in [3.8, 4) is 5.75 Å². The molecule has 0 radical (unpaired) electrons. The molecule has 1 aromatic heterocycles. The van der Waals surface area contributed by atoms with Crippen molar-refractivity contribution in [2.45, 2.75) is 5.92 Å². The molecule has 0 saturated heterocycles. The maximum Gasteiger partial charge on any atom is 0.118 e. The summed E-state index contributed by atoms with van der Waals surface area (Å²) in [5.74, 6) is 1.02. The summed E-state index contributed by atoms with van der Waals surface area (Å²) in [6.45, 7) is 4.01. The molecule has 0 aliphatic rings. The number of hydrogen-bond acceptors (Lipinski definition) is 1. The fourth-order valence-corrected chi connectivity index (χ4v) is 2.99. The van der Waals surface area contributed by atoms with Gasteiger partial charge in [-0.05, 0) is 41.5 Å². The van der Waals surface area contributed by atoms with Gasteiger partial charge in [0, 0.05) is 27.5 Å². The van der Waals surface area contributed by atoms with E-state index in [0.717, 1.165) is 15.7 Å². The predicted octanol–water partition coefficient (Wildman–Crippen LogP) is 5.26. The second-order valence-corrected chi connectivity index (χ2v) is 5.84. The third-order valence-electron chi connectivity index (χ3n) is 3.72. The summed E-state index contributed by atoms with van der Waals surface area (Å²) in [5.41, 5.74) is 3.56. The molecule has 0 aliphatic heterocycles. The smallest absolute Gasteiger partial charge is 0.118 e. The predicted molar refractivity (Wildman–Crippen MR) is 91.0 cm³/mol. The van der Waals surface area contributed by atoms with Crippen molar-refractivity contribution in [1.82, 2.24) is 4.98 Å². The lowest BCUT2D eigenvalue weighted by Crippen LogP contribution is -1.96. The van der Waals surface area contributed by atoms with Crippen molar-refractivity contribution in [3.63, 3.8) is 0 Å². The van der Waals surface area contributed by atoms with Gasteiger partial charge in [-0.15, -0.1) is 6.58 Å². The van der Waals surface area contributed by atoms with Crippen molar-refractivity contribution in [3.05, 3.63) is 76.9 Å². The van der Waals surface area contributed by atoms with Crippen LogP contribution in [0, 0.1) is 0 Å². The molecule has 0 aliphatic carbocycles. The standard InChI is InChI=1S/C18H16BrNO/c1-3-15(12-4-7-14(21-2)8-5-12)17-11-20-18-9-6-13(19)10-16(17)18/h3-11,15,20H,1H2,2H3. The van der Waals surface area contributed by atoms with E-state index < -0.39 is 0 Å². The molecule has 0 amide bonds. The van der Waals surface area contributed by atoms with Crippen molar-refractivity contribution >= 4 is 26.8 Å². The Labute approximate surface area is 132 Å². The SMILES string of the molecule is C=CC(c1ccc(OC)cc1)c1c[nH]c2ccc(Br)cc12. The number of methoxy groups -OCH3 is 1. The van der Waals surface area contributed by atoms with Gasteiger partial charge in [0.05, 0.1) is 7.11 Å². The van der Waals surface area contributed by atoms with Crippen molar-refractivity contribution in [2.75, 3.05) is 7.11 Å². The van der Waals surface area contributed by atoms with E-state index in [1.54, 1.807) is 7.11 Å². The number of H-pyrrole nitrogens is 1. The Bertz CT molecular complexity index is 774. The Balaban J connectivity index is 2.08. The second-order valence-electron chi connectivity index (χ2n) is 4.92. The molecule has 0 saturated carbocycles. The van der Waals surface area contributed by atoms with Gasteiger partial charge >= 0.3 is 0 Å². The fourth-order valence-electron chi connectivity index (χ4n) is 2.63. The summed E-state index contributed by atoms with van der Waals surface area (Å²) in [6, 6.07) is 14.4. The summed E-state index contributed by atoms with van der Waals surface area (Å²) in [4.78, 5) is 3.33. The van der Waals surface area contributed by atoms with E-state index in [4.69, 9.17) is 4.74 Å². The van der Waals surface area contributed by atoms with Crippen LogP contribution in [0.25, 0.3) is 10.9 Å². The topological polar surface area (TPSA) is 25.0 Å². The first-order valence-corrected chi connectivity index (χ1v) is 7.55. The number of aromatic nitrogens is 1. The summed E-state index contributed by atoms with van der Waals surface area (Å²) in [5, 5.41) is 1.21. The number of aromatic amines is 1. The first kappa shape index (κ1) is 14.0. The van der Waals surface area contributed by atoms with Gasteiger partial charge in [-0.2, -0.15) is 0 Å². The van der Waals surface area contributed by atoms with Crippen LogP contribution in [0.3, 0.4) is 0 Å². The minimum absolute atomic E-state index is 0.152. The summed E-state index contributed by atoms with van der Waals surface area (Å²) in [7, 11) is 1.68. The molecule has 21 heavy (non-hydrogen) atoms. The lowest BCUT2D eigenvalue weighted by Gasteiger charge is -2.13. The van der Waals surface area contributed by atoms with E-state index in [1.165, 1.54) is 16.5 Å². The van der Waals surface area contributed by atoms with Crippen molar-refractivity contribution < 1.29 is 4.74 Å². The summed E-state index contributed by atoms with van der Waals surface area (Å²) in [6.07, 6.45) is 4.04. The number of ether oxygens (including phenoxy) is 1. The number of allylic oxidation sites excluding steroid dienone is 1. The number of rotatable bonds is 4. The first-order chi connectivity index (χ1) is 10.2. The molecule has 3 rings (SSSR count). The Morgan fingerprint density at radius 3 is 2.62 bits per heavy atom. The van der Waals surface area contributed by atoms with E-state index in [1.807, 2.05) is 24.3 Å². The molecule has 106 valence electrons. The zero-order valence-corrected chi connectivity index (χ0v) is 13.4. The van der Waals surface area contributed by atoms with Gasteiger partial charge in [-0.3, -0.25) is 0 Å². The Morgan fingerprint density at radius 2 is 1.95 bits per heavy atom. The first-order valence-electron chi connectivity index (χ1n) is 6.76. The molecule has 1 heterocycles. The van der Waals surface area contributed by atoms with Crippen LogP contribution in [-0.2, 0) is 0 Å². The third kappa shape index (κ3) is 2.61. The van der Waals surface area contributed by atoms with E-state index in [-0.39, 0.29) is 5.92 Å². The number of hydrogen-bond donors (Lipinski definition) is 1. The molecule has 2 aromatic carbocycles. The van der Waals surface area contributed by atoms with Crippen LogP contribution in [0.4, 0.5) is 0 Å². The molecule has 0 fully saturated rings. The minimum Gasteiger partial charge on any atom is -0.497 e. The lowest BCUT2D eigenvalue weighted by molar-refractivity contribution is 0.414. The molecule has 3 aromatic rings. The van der Waals surface area contributed by atoms with Crippen LogP contribution in [0.1, 0.15) is 17.0 Å². The molecule has 0 spiro atoms. The van der Waals surface area contributed by atoms with Crippen molar-refractivity contribution in [1.29, 1.82) is 0 Å². The summed E-state index contributed by atoms with van der Waals surface area (Å²) >= 11 is 3.54. The monoisotopic (exact) mass is 341 g/mol. The molecular formula is C18H16BrNO. The van der Waals surface area contributed by atoms with Crippen molar-refractivity contribution in [2.24, 2.45) is 0 Å². The highest BCUT2D eigenvalue weighted by Crippen LogP contribution is 2.33. The van der Waals surface area contributed by atoms with E-state index >= 15 is 0 Å². The number of nitrogens with one attached hydrogen (secondary N) is 1. The third-order valence-corrected chi connectivity index (χ3v) is 4.21. The Hall–Kier alpha value is -2.00. The van der Waals surface area contributed by atoms with E-state index in [2.05, 4.69) is 58.0 Å². The van der Waals surface area contributed by atoms with Crippen LogP contribution >= 0.6 is 15.9 Å². The highest BCUT2D eigenvalue weighted by molar-refractivity contribution is 9.10. The average molecular weight is 342 g/mol. The van der Waals surface area contributed by atoms with Gasteiger partial charge < -0.3 is 9.72 Å². The maximum atomic E-state index is 5.22. The molecule has 1 atom stereocenters. The van der Waals surface area contributed by atoms with E-state index in [9.17, 15) is 0 Å². The van der Waals surface area contributed by atoms with Crippen LogP contribution in [0.2, 0.25) is 0 Å². The molecule has 1 unspecified atom stereocenters. The highest BCUT2D eigenvalue weighted by atomic mass is 79.9. The molecule has 1 N–H and O–H groups in total. The second kappa shape index (κ2) is 5.78. The lowest BCUT2D eigenvalue weighted by atomic mass is 9.91. The zero-order chi connectivity index (χ0) is 14.8. The maximum absolute atomic E-state index is 5.22. The quantitative estimate of drug-likeness (QED) is 0.643. The van der Waals surface area contributed by atoms with E-state index in [0.29, 0.717) is 0 Å². The average Bonchev–Trinajstić information content (AvgIpc) is 2.92. The largest absolute Gasteiger partial charge is 0.497 e. The Morgan fingerprint density at radius 1 is 1.19 bits per heavy atom. The fraction of sp³-hybridized carbons (Fsp3) is 0.111. The van der Waals surface area contributed by atoms with Crippen LogP contribution in [-0.4, -0.2) is 12.1 Å². The van der Waals surface area contributed by atoms with Crippen LogP contribution in [0.15, 0.2) is 65.8 Å². The van der Waals surface area contributed by atoms with Crippen LogP contribution in [0.5, 0.6) is 5.75 Å². The molecule has 0 bridgehead atoms. The molecule has 2 nitrogen and oxygen atoms in total. The van der Waals surface area contributed by atoms with Gasteiger partial charge in [0.15, 0.2) is 0 Å². The highest BCUT2D eigenvalue weighted by Gasteiger charge is 2.15. The van der Waals surface area contributed by atoms with Gasteiger partial charge in [0.25, 0.3) is 0 Å². The minimum atomic E-state index is 0.152. The normalized spacial score (nSPS) is 12.3.